The highest BCUT2D eigenvalue weighted by Crippen LogP contribution is 2.15. The lowest BCUT2D eigenvalue weighted by Crippen LogP contribution is -2.45. The van der Waals surface area contributed by atoms with Crippen molar-refractivity contribution >= 4 is 29.9 Å². The average molecular weight is 541 g/mol. The minimum atomic E-state index is 0. The molecular weight excluding hydrogens is 505 g/mol. The minimum absolute atomic E-state index is 0. The van der Waals surface area contributed by atoms with Gasteiger partial charge in [-0.15, -0.1) is 34.2 Å². The summed E-state index contributed by atoms with van der Waals surface area (Å²) in [6, 6.07) is 8.68. The van der Waals surface area contributed by atoms with Crippen LogP contribution in [-0.4, -0.2) is 71.6 Å². The van der Waals surface area contributed by atoms with E-state index >= 15 is 0 Å². The van der Waals surface area contributed by atoms with Gasteiger partial charge in [0, 0.05) is 39.8 Å². The van der Waals surface area contributed by atoms with Gasteiger partial charge in [0.25, 0.3) is 0 Å². The lowest BCUT2D eigenvalue weighted by molar-refractivity contribution is 0.0389. The van der Waals surface area contributed by atoms with Crippen molar-refractivity contribution < 1.29 is 4.74 Å². The van der Waals surface area contributed by atoms with Crippen molar-refractivity contribution in [2.24, 2.45) is 12.0 Å². The van der Waals surface area contributed by atoms with Gasteiger partial charge in [0.2, 0.25) is 0 Å². The molecule has 1 atom stereocenters. The van der Waals surface area contributed by atoms with Gasteiger partial charge in [-0.3, -0.25) is 4.90 Å². The molecule has 3 rings (SSSR count). The highest BCUT2D eigenvalue weighted by atomic mass is 127. The molecule has 9 heteroatoms. The third-order valence-electron chi connectivity index (χ3n) is 5.57. The zero-order valence-electron chi connectivity index (χ0n) is 19.1. The fourth-order valence-electron chi connectivity index (χ4n) is 3.41. The molecule has 8 nitrogen and oxygen atoms in total. The van der Waals surface area contributed by atoms with E-state index in [9.17, 15) is 0 Å². The van der Waals surface area contributed by atoms with Crippen molar-refractivity contribution in [3.05, 3.63) is 47.0 Å². The molecule has 1 saturated heterocycles. The maximum atomic E-state index is 5.43. The van der Waals surface area contributed by atoms with Crippen LogP contribution in [0.4, 0.5) is 0 Å². The molecule has 0 radical (unpaired) electrons. The van der Waals surface area contributed by atoms with Crippen molar-refractivity contribution in [1.82, 2.24) is 30.3 Å². The Hall–Kier alpha value is -1.72. The number of ether oxygens (including phenoxy) is 1. The molecule has 1 aliphatic rings. The molecule has 1 aromatic heterocycles. The molecule has 1 fully saturated rings. The largest absolute Gasteiger partial charge is 0.379 e. The summed E-state index contributed by atoms with van der Waals surface area (Å²) >= 11 is 0. The van der Waals surface area contributed by atoms with Gasteiger partial charge in [-0.25, -0.2) is 4.99 Å². The fraction of sp³-hybridized carbons (Fsp3) is 0.591. The second kappa shape index (κ2) is 13.0. The average Bonchev–Trinajstić information content (AvgIpc) is 3.08. The van der Waals surface area contributed by atoms with E-state index in [4.69, 9.17) is 9.73 Å². The van der Waals surface area contributed by atoms with Crippen LogP contribution < -0.4 is 10.6 Å². The Morgan fingerprint density at radius 1 is 1.19 bits per heavy atom. The van der Waals surface area contributed by atoms with Crippen molar-refractivity contribution in [2.45, 2.75) is 33.2 Å². The zero-order chi connectivity index (χ0) is 21.3. The van der Waals surface area contributed by atoms with Crippen LogP contribution in [0.1, 0.15) is 35.6 Å². The number of halogens is 1. The number of hydrogen-bond donors (Lipinski definition) is 2. The van der Waals surface area contributed by atoms with Crippen LogP contribution in [0, 0.1) is 13.8 Å². The Morgan fingerprint density at radius 2 is 1.97 bits per heavy atom. The van der Waals surface area contributed by atoms with Crippen LogP contribution >= 0.6 is 24.0 Å². The summed E-state index contributed by atoms with van der Waals surface area (Å²) in [7, 11) is 1.97. The summed E-state index contributed by atoms with van der Waals surface area (Å²) in [6.45, 7) is 13.0. The van der Waals surface area contributed by atoms with E-state index in [1.54, 1.807) is 0 Å². The number of benzene rings is 1. The Balaban J connectivity index is 0.00000341. The second-order valence-corrected chi connectivity index (χ2v) is 7.96. The lowest BCUT2D eigenvalue weighted by atomic mass is 9.99. The molecule has 0 aliphatic carbocycles. The van der Waals surface area contributed by atoms with Crippen LogP contribution in [-0.2, 0) is 18.3 Å². The van der Waals surface area contributed by atoms with Crippen molar-refractivity contribution in [3.63, 3.8) is 0 Å². The van der Waals surface area contributed by atoms with Crippen LogP contribution in [0.25, 0.3) is 0 Å². The van der Waals surface area contributed by atoms with Gasteiger partial charge in [-0.05, 0) is 25.3 Å². The maximum Gasteiger partial charge on any atom is 0.191 e. The number of rotatable bonds is 8. The molecule has 172 valence electrons. The van der Waals surface area contributed by atoms with Crippen molar-refractivity contribution in [1.29, 1.82) is 0 Å². The first-order valence-electron chi connectivity index (χ1n) is 10.8. The van der Waals surface area contributed by atoms with E-state index in [0.717, 1.165) is 63.5 Å². The molecule has 2 aromatic rings. The van der Waals surface area contributed by atoms with Crippen molar-refractivity contribution in [2.75, 3.05) is 45.9 Å². The van der Waals surface area contributed by atoms with E-state index in [1.807, 2.05) is 18.5 Å². The highest BCUT2D eigenvalue weighted by Gasteiger charge is 2.11. The van der Waals surface area contributed by atoms with E-state index in [1.165, 1.54) is 11.1 Å². The van der Waals surface area contributed by atoms with E-state index in [0.29, 0.717) is 12.5 Å². The summed E-state index contributed by atoms with van der Waals surface area (Å²) in [5.74, 6) is 2.94. The highest BCUT2D eigenvalue weighted by molar-refractivity contribution is 14.0. The Kier molecular flexibility index (Phi) is 10.7. The molecular formula is C22H36IN7O. The standard InChI is InChI=1S/C22H35N7O.HI/c1-17-6-5-7-20(14-17)18(2)15-24-22(23-8-9-29-10-12-30-13-11-29)25-16-21-27-26-19(3)28(21)4;/h5-7,14,18H,8-13,15-16H2,1-4H3,(H2,23,24,25);1H. The van der Waals surface area contributed by atoms with Gasteiger partial charge in [-0.2, -0.15) is 0 Å². The number of aliphatic imine (C=N–C) groups is 1. The Labute approximate surface area is 202 Å². The number of morpholine rings is 1. The molecule has 0 amide bonds. The molecule has 1 aromatic carbocycles. The van der Waals surface area contributed by atoms with Gasteiger partial charge >= 0.3 is 0 Å². The summed E-state index contributed by atoms with van der Waals surface area (Å²) in [5, 5.41) is 15.3. The maximum absolute atomic E-state index is 5.43. The number of guanidine groups is 1. The predicted molar refractivity (Wildman–Crippen MR) is 135 cm³/mol. The first-order valence-corrected chi connectivity index (χ1v) is 10.8. The second-order valence-electron chi connectivity index (χ2n) is 7.96. The fourth-order valence-corrected chi connectivity index (χ4v) is 3.41. The zero-order valence-corrected chi connectivity index (χ0v) is 21.4. The summed E-state index contributed by atoms with van der Waals surface area (Å²) in [4.78, 5) is 7.17. The third kappa shape index (κ3) is 8.04. The van der Waals surface area contributed by atoms with Crippen LogP contribution in [0.3, 0.4) is 0 Å². The smallest absolute Gasteiger partial charge is 0.191 e. The Morgan fingerprint density at radius 3 is 2.65 bits per heavy atom. The summed E-state index contributed by atoms with van der Waals surface area (Å²) < 4.78 is 7.41. The summed E-state index contributed by atoms with van der Waals surface area (Å²) in [5.41, 5.74) is 2.62. The first kappa shape index (κ1) is 25.5. The number of aromatic nitrogens is 3. The van der Waals surface area contributed by atoms with E-state index < -0.39 is 0 Å². The number of nitrogens with zero attached hydrogens (tertiary/aromatic N) is 5. The van der Waals surface area contributed by atoms with Gasteiger partial charge in [0.1, 0.15) is 12.4 Å². The van der Waals surface area contributed by atoms with Crippen molar-refractivity contribution in [3.8, 4) is 0 Å². The van der Waals surface area contributed by atoms with Gasteiger partial charge in [0.15, 0.2) is 11.8 Å². The molecule has 2 heterocycles. The first-order chi connectivity index (χ1) is 14.5. The molecule has 0 saturated carbocycles. The topological polar surface area (TPSA) is 79.6 Å². The van der Waals surface area contributed by atoms with Gasteiger partial charge < -0.3 is 19.9 Å². The molecule has 0 bridgehead atoms. The molecule has 31 heavy (non-hydrogen) atoms. The van der Waals surface area contributed by atoms with Crippen LogP contribution in [0.5, 0.6) is 0 Å². The lowest BCUT2D eigenvalue weighted by Gasteiger charge is -2.27. The quantitative estimate of drug-likeness (QED) is 0.303. The molecule has 0 spiro atoms. The van der Waals surface area contributed by atoms with Gasteiger partial charge in [-0.1, -0.05) is 36.8 Å². The predicted octanol–water partition coefficient (Wildman–Crippen LogP) is 2.22. The van der Waals surface area contributed by atoms with E-state index in [2.05, 4.69) is 63.8 Å². The molecule has 2 N–H and O–H groups in total. The monoisotopic (exact) mass is 541 g/mol. The number of aryl methyl sites for hydroxylation is 2. The van der Waals surface area contributed by atoms with Gasteiger partial charge in [0.05, 0.1) is 13.2 Å². The minimum Gasteiger partial charge on any atom is -0.379 e. The Bertz CT molecular complexity index is 833. The number of nitrogens with one attached hydrogen (secondary N) is 2. The van der Waals surface area contributed by atoms with E-state index in [-0.39, 0.29) is 24.0 Å². The summed E-state index contributed by atoms with van der Waals surface area (Å²) in [6.07, 6.45) is 0. The third-order valence-corrected chi connectivity index (χ3v) is 5.57. The number of hydrogen-bond acceptors (Lipinski definition) is 5. The molecule has 1 aliphatic heterocycles. The SMILES string of the molecule is Cc1cccc(C(C)CNC(=NCc2nnc(C)n2C)NCCN2CCOCC2)c1.I. The normalized spacial score (nSPS) is 15.9. The van der Waals surface area contributed by atoms with Crippen LogP contribution in [0.2, 0.25) is 0 Å². The van der Waals surface area contributed by atoms with Crippen LogP contribution in [0.15, 0.2) is 29.3 Å². The molecule has 1 unspecified atom stereocenters.